The van der Waals surface area contributed by atoms with E-state index in [9.17, 15) is 0 Å². The second-order valence-electron chi connectivity index (χ2n) is 5.81. The van der Waals surface area contributed by atoms with Gasteiger partial charge in [0.15, 0.2) is 0 Å². The zero-order valence-electron chi connectivity index (χ0n) is 11.8. The summed E-state index contributed by atoms with van der Waals surface area (Å²) >= 11 is 0. The molecule has 0 spiro atoms. The summed E-state index contributed by atoms with van der Waals surface area (Å²) in [7, 11) is 1.82. The van der Waals surface area contributed by atoms with Gasteiger partial charge in [-0.2, -0.15) is 0 Å². The maximum atomic E-state index is 5.43. The van der Waals surface area contributed by atoms with E-state index in [0.29, 0.717) is 12.1 Å². The number of nitrogens with one attached hydrogen (secondary N) is 1. The van der Waals surface area contributed by atoms with Crippen molar-refractivity contribution in [2.75, 3.05) is 26.7 Å². The number of nitrogens with zero attached hydrogens (tertiary/aromatic N) is 1. The smallest absolute Gasteiger partial charge is 0.0711 e. The number of methoxy groups -OCH3 is 1. The molecule has 2 unspecified atom stereocenters. The van der Waals surface area contributed by atoms with Crippen LogP contribution in [0.4, 0.5) is 0 Å². The van der Waals surface area contributed by atoms with Crippen LogP contribution in [0.25, 0.3) is 0 Å². The highest BCUT2D eigenvalue weighted by molar-refractivity contribution is 5.28. The topological polar surface area (TPSA) is 24.5 Å². The van der Waals surface area contributed by atoms with Gasteiger partial charge >= 0.3 is 0 Å². The highest BCUT2D eigenvalue weighted by Crippen LogP contribution is 2.20. The molecular formula is C16H24N2O. The number of hydrogen-bond acceptors (Lipinski definition) is 3. The van der Waals surface area contributed by atoms with Gasteiger partial charge in [-0.15, -0.1) is 0 Å². The van der Waals surface area contributed by atoms with Gasteiger partial charge in [0.25, 0.3) is 0 Å². The molecule has 1 N–H and O–H groups in total. The molecule has 0 radical (unpaired) electrons. The molecule has 0 amide bonds. The molecule has 3 heteroatoms. The fourth-order valence-corrected chi connectivity index (χ4v) is 3.34. The van der Waals surface area contributed by atoms with Crippen molar-refractivity contribution >= 4 is 0 Å². The Morgan fingerprint density at radius 1 is 1.32 bits per heavy atom. The van der Waals surface area contributed by atoms with Crippen LogP contribution in [0, 0.1) is 0 Å². The van der Waals surface area contributed by atoms with E-state index in [4.69, 9.17) is 4.74 Å². The van der Waals surface area contributed by atoms with Gasteiger partial charge < -0.3 is 10.1 Å². The highest BCUT2D eigenvalue weighted by atomic mass is 16.5. The summed E-state index contributed by atoms with van der Waals surface area (Å²) in [6.07, 6.45) is 4.06. The molecule has 0 aliphatic carbocycles. The molecule has 3 rings (SSSR count). The summed E-state index contributed by atoms with van der Waals surface area (Å²) in [5, 5.41) is 3.58. The number of ether oxygens (including phenoxy) is 1. The van der Waals surface area contributed by atoms with Gasteiger partial charge in [0.2, 0.25) is 0 Å². The third kappa shape index (κ3) is 3.16. The molecule has 1 aromatic carbocycles. The lowest BCUT2D eigenvalue weighted by Gasteiger charge is -2.24. The first kappa shape index (κ1) is 13.1. The number of fused-ring (bicyclic) bond motifs is 1. The third-order valence-corrected chi connectivity index (χ3v) is 4.43. The molecule has 1 saturated heterocycles. The first-order valence-corrected chi connectivity index (χ1v) is 7.40. The van der Waals surface area contributed by atoms with Gasteiger partial charge in [0, 0.05) is 32.8 Å². The fourth-order valence-electron chi connectivity index (χ4n) is 3.34. The number of hydrogen-bond donors (Lipinski definition) is 1. The Morgan fingerprint density at radius 2 is 2.16 bits per heavy atom. The quantitative estimate of drug-likeness (QED) is 0.897. The molecule has 1 aromatic rings. The van der Waals surface area contributed by atoms with Crippen LogP contribution in [0.3, 0.4) is 0 Å². The summed E-state index contributed by atoms with van der Waals surface area (Å²) in [6, 6.07) is 9.49. The van der Waals surface area contributed by atoms with Crippen molar-refractivity contribution in [2.24, 2.45) is 0 Å². The second kappa shape index (κ2) is 6.04. The zero-order valence-corrected chi connectivity index (χ0v) is 11.8. The second-order valence-corrected chi connectivity index (χ2v) is 5.81. The lowest BCUT2D eigenvalue weighted by atomic mass is 10.0. The average Bonchev–Trinajstić information content (AvgIpc) is 2.78. The molecule has 2 aliphatic rings. The van der Waals surface area contributed by atoms with E-state index in [0.717, 1.165) is 26.1 Å². The Kier molecular flexibility index (Phi) is 4.16. The van der Waals surface area contributed by atoms with Crippen molar-refractivity contribution < 1.29 is 4.74 Å². The molecule has 104 valence electrons. The van der Waals surface area contributed by atoms with E-state index < -0.39 is 0 Å². The molecular weight excluding hydrogens is 236 g/mol. The van der Waals surface area contributed by atoms with Crippen molar-refractivity contribution in [3.63, 3.8) is 0 Å². The lowest BCUT2D eigenvalue weighted by molar-refractivity contribution is 0.115. The molecule has 1 fully saturated rings. The standard InChI is InChI=1S/C16H24N2O/c1-19-16-9-15(17-10-16)12-18-8-4-7-13-5-2-3-6-14(13)11-18/h2-3,5-6,15-17H,4,7-12H2,1H3. The normalized spacial score (nSPS) is 28.1. The van der Waals surface area contributed by atoms with Crippen LogP contribution in [0.15, 0.2) is 24.3 Å². The summed E-state index contributed by atoms with van der Waals surface area (Å²) in [5.41, 5.74) is 3.06. The molecule has 2 atom stereocenters. The predicted molar refractivity (Wildman–Crippen MR) is 77.2 cm³/mol. The maximum absolute atomic E-state index is 5.43. The fraction of sp³-hybridized carbons (Fsp3) is 0.625. The molecule has 2 aliphatic heterocycles. The summed E-state index contributed by atoms with van der Waals surface area (Å²) < 4.78 is 5.43. The van der Waals surface area contributed by atoms with E-state index in [2.05, 4.69) is 34.5 Å². The van der Waals surface area contributed by atoms with E-state index in [1.54, 1.807) is 5.56 Å². The molecule has 19 heavy (non-hydrogen) atoms. The van der Waals surface area contributed by atoms with Crippen molar-refractivity contribution in [2.45, 2.75) is 38.0 Å². The van der Waals surface area contributed by atoms with E-state index in [1.165, 1.54) is 24.9 Å². The van der Waals surface area contributed by atoms with Crippen LogP contribution in [0.5, 0.6) is 0 Å². The Hall–Kier alpha value is -0.900. The van der Waals surface area contributed by atoms with Crippen LogP contribution >= 0.6 is 0 Å². The van der Waals surface area contributed by atoms with Crippen LogP contribution in [-0.4, -0.2) is 43.8 Å². The zero-order chi connectivity index (χ0) is 13.1. The van der Waals surface area contributed by atoms with Crippen molar-refractivity contribution in [1.29, 1.82) is 0 Å². The number of benzene rings is 1. The summed E-state index contributed by atoms with van der Waals surface area (Å²) in [4.78, 5) is 2.60. The van der Waals surface area contributed by atoms with Gasteiger partial charge in [-0.1, -0.05) is 24.3 Å². The molecule has 0 aromatic heterocycles. The van der Waals surface area contributed by atoms with Crippen LogP contribution < -0.4 is 5.32 Å². The number of rotatable bonds is 3. The number of aryl methyl sites for hydroxylation is 1. The predicted octanol–water partition coefficient (Wildman–Crippen LogP) is 1.81. The third-order valence-electron chi connectivity index (χ3n) is 4.43. The Balaban J connectivity index is 1.60. The van der Waals surface area contributed by atoms with Gasteiger partial charge in [-0.25, -0.2) is 0 Å². The molecule has 0 bridgehead atoms. The molecule has 3 nitrogen and oxygen atoms in total. The van der Waals surface area contributed by atoms with E-state index in [1.807, 2.05) is 7.11 Å². The lowest BCUT2D eigenvalue weighted by Crippen LogP contribution is -2.37. The maximum Gasteiger partial charge on any atom is 0.0711 e. The molecule has 2 heterocycles. The first-order chi connectivity index (χ1) is 9.35. The van der Waals surface area contributed by atoms with Crippen LogP contribution in [-0.2, 0) is 17.7 Å². The average molecular weight is 260 g/mol. The SMILES string of the molecule is COC1CNC(CN2CCCc3ccccc3C2)C1. The van der Waals surface area contributed by atoms with Crippen molar-refractivity contribution in [1.82, 2.24) is 10.2 Å². The monoisotopic (exact) mass is 260 g/mol. The van der Waals surface area contributed by atoms with E-state index in [-0.39, 0.29) is 0 Å². The summed E-state index contributed by atoms with van der Waals surface area (Å²) in [5.74, 6) is 0. The molecule has 0 saturated carbocycles. The highest BCUT2D eigenvalue weighted by Gasteiger charge is 2.26. The first-order valence-electron chi connectivity index (χ1n) is 7.40. The van der Waals surface area contributed by atoms with Gasteiger partial charge in [-0.3, -0.25) is 4.90 Å². The van der Waals surface area contributed by atoms with Crippen molar-refractivity contribution in [3.05, 3.63) is 35.4 Å². The summed E-state index contributed by atoms with van der Waals surface area (Å²) in [6.45, 7) is 4.47. The Morgan fingerprint density at radius 3 is 2.95 bits per heavy atom. The van der Waals surface area contributed by atoms with Crippen LogP contribution in [0.2, 0.25) is 0 Å². The largest absolute Gasteiger partial charge is 0.380 e. The van der Waals surface area contributed by atoms with Gasteiger partial charge in [0.05, 0.1) is 6.10 Å². The minimum absolute atomic E-state index is 0.407. The Bertz CT molecular complexity index is 421. The van der Waals surface area contributed by atoms with Crippen molar-refractivity contribution in [3.8, 4) is 0 Å². The minimum atomic E-state index is 0.407. The van der Waals surface area contributed by atoms with E-state index >= 15 is 0 Å². The Labute approximate surface area is 115 Å². The van der Waals surface area contributed by atoms with Gasteiger partial charge in [0.1, 0.15) is 0 Å². The van der Waals surface area contributed by atoms with Gasteiger partial charge in [-0.05, 0) is 36.9 Å². The minimum Gasteiger partial charge on any atom is -0.380 e. The van der Waals surface area contributed by atoms with Crippen LogP contribution in [0.1, 0.15) is 24.0 Å².